The summed E-state index contributed by atoms with van der Waals surface area (Å²) in [5, 5.41) is 17.8. The van der Waals surface area contributed by atoms with Gasteiger partial charge in [0.15, 0.2) is 0 Å². The number of para-hydroxylation sites is 1. The van der Waals surface area contributed by atoms with Crippen molar-refractivity contribution in [1.29, 1.82) is 0 Å². The number of benzene rings is 1. The summed E-state index contributed by atoms with van der Waals surface area (Å²) in [6.07, 6.45) is 0.384. The van der Waals surface area contributed by atoms with Gasteiger partial charge in [-0.15, -0.1) is 0 Å². The van der Waals surface area contributed by atoms with Crippen molar-refractivity contribution in [2.45, 2.75) is 25.8 Å². The van der Waals surface area contributed by atoms with Crippen LogP contribution in [0, 0.1) is 0 Å². The Labute approximate surface area is 113 Å². The highest BCUT2D eigenvalue weighted by Gasteiger charge is 2.30. The number of imidazole rings is 1. The first-order chi connectivity index (χ1) is 9.39. The molecule has 0 saturated heterocycles. The second-order valence-corrected chi connectivity index (χ2v) is 4.46. The van der Waals surface area contributed by atoms with Crippen LogP contribution in [0.3, 0.4) is 0 Å². The highest BCUT2D eigenvalue weighted by Crippen LogP contribution is 2.25. The minimum atomic E-state index is -3.28. The Morgan fingerprint density at radius 1 is 1.45 bits per heavy atom. The highest BCUT2D eigenvalue weighted by atomic mass is 19.3. The number of carbonyl (C=O) groups is 1. The first-order valence-electron chi connectivity index (χ1n) is 6.09. The smallest absolute Gasteiger partial charge is 0.337 e. The standard InChI is InChI=1S/C13H14F2N2O3/c1-2-10-16-11-8(12(19)20)4-3-5-9(11)17(10)6-13(14,15)7-18/h3-5,18H,2,6-7H2,1H3,(H,19,20). The summed E-state index contributed by atoms with van der Waals surface area (Å²) >= 11 is 0. The van der Waals surface area contributed by atoms with Gasteiger partial charge < -0.3 is 14.8 Å². The molecule has 2 N–H and O–H groups in total. The molecule has 0 atom stereocenters. The highest BCUT2D eigenvalue weighted by molar-refractivity contribution is 6.01. The summed E-state index contributed by atoms with van der Waals surface area (Å²) in [6, 6.07) is 4.41. The molecule has 2 aromatic rings. The van der Waals surface area contributed by atoms with Crippen LogP contribution >= 0.6 is 0 Å². The van der Waals surface area contributed by atoms with E-state index >= 15 is 0 Å². The lowest BCUT2D eigenvalue weighted by atomic mass is 10.2. The molecule has 0 saturated carbocycles. The molecule has 1 heterocycles. The number of aliphatic hydroxyl groups excluding tert-OH is 1. The van der Waals surface area contributed by atoms with Crippen molar-refractivity contribution in [3.05, 3.63) is 29.6 Å². The van der Waals surface area contributed by atoms with Crippen LogP contribution in [0.2, 0.25) is 0 Å². The zero-order valence-corrected chi connectivity index (χ0v) is 10.8. The molecule has 1 aromatic carbocycles. The third-order valence-electron chi connectivity index (χ3n) is 3.03. The summed E-state index contributed by atoms with van der Waals surface area (Å²) in [6.45, 7) is -0.254. The Kier molecular flexibility index (Phi) is 3.71. The number of aliphatic hydroxyl groups is 1. The zero-order valence-electron chi connectivity index (χ0n) is 10.8. The maximum atomic E-state index is 13.4. The van der Waals surface area contributed by atoms with Gasteiger partial charge in [-0.05, 0) is 12.1 Å². The van der Waals surface area contributed by atoms with E-state index in [1.54, 1.807) is 13.0 Å². The number of hydrogen-bond donors (Lipinski definition) is 2. The molecule has 0 radical (unpaired) electrons. The number of nitrogens with zero attached hydrogens (tertiary/aromatic N) is 2. The van der Waals surface area contributed by atoms with Crippen LogP contribution in [0.1, 0.15) is 23.1 Å². The van der Waals surface area contributed by atoms with E-state index in [-0.39, 0.29) is 11.1 Å². The van der Waals surface area contributed by atoms with E-state index in [1.807, 2.05) is 0 Å². The molecule has 0 amide bonds. The van der Waals surface area contributed by atoms with Crippen molar-refractivity contribution in [3.8, 4) is 0 Å². The molecule has 7 heteroatoms. The molecule has 0 aliphatic heterocycles. The van der Waals surface area contributed by atoms with Gasteiger partial charge in [0.1, 0.15) is 17.9 Å². The lowest BCUT2D eigenvalue weighted by Gasteiger charge is -2.16. The molecule has 20 heavy (non-hydrogen) atoms. The van der Waals surface area contributed by atoms with Crippen LogP contribution in [0.4, 0.5) is 8.78 Å². The molecule has 1 aromatic heterocycles. The van der Waals surface area contributed by atoms with Gasteiger partial charge in [0.25, 0.3) is 5.92 Å². The number of carboxylic acids is 1. The predicted molar refractivity (Wildman–Crippen MR) is 68.1 cm³/mol. The van der Waals surface area contributed by atoms with Crippen LogP contribution < -0.4 is 0 Å². The number of carboxylic acid groups (broad SMARTS) is 1. The Morgan fingerprint density at radius 2 is 2.15 bits per heavy atom. The van der Waals surface area contributed by atoms with Crippen LogP contribution in [0.25, 0.3) is 11.0 Å². The second-order valence-electron chi connectivity index (χ2n) is 4.46. The van der Waals surface area contributed by atoms with E-state index in [2.05, 4.69) is 4.98 Å². The number of rotatable bonds is 5. The van der Waals surface area contributed by atoms with Gasteiger partial charge in [-0.2, -0.15) is 0 Å². The number of aryl methyl sites for hydroxylation is 1. The zero-order chi connectivity index (χ0) is 14.9. The Morgan fingerprint density at radius 3 is 2.70 bits per heavy atom. The monoisotopic (exact) mass is 284 g/mol. The van der Waals surface area contributed by atoms with Gasteiger partial charge in [-0.25, -0.2) is 18.6 Å². The quantitative estimate of drug-likeness (QED) is 0.879. The van der Waals surface area contributed by atoms with Gasteiger partial charge in [0, 0.05) is 6.42 Å². The lowest BCUT2D eigenvalue weighted by molar-refractivity contribution is -0.0625. The molecule has 0 aliphatic carbocycles. The largest absolute Gasteiger partial charge is 0.478 e. The molecule has 0 unspecified atom stereocenters. The molecular formula is C13H14F2N2O3. The summed E-state index contributed by atoms with van der Waals surface area (Å²) in [7, 11) is 0. The van der Waals surface area contributed by atoms with Gasteiger partial charge in [-0.3, -0.25) is 0 Å². The maximum Gasteiger partial charge on any atom is 0.337 e. The number of fused-ring (bicyclic) bond motifs is 1. The van der Waals surface area contributed by atoms with Crippen molar-refractivity contribution < 1.29 is 23.8 Å². The number of hydrogen-bond acceptors (Lipinski definition) is 3. The van der Waals surface area contributed by atoms with Gasteiger partial charge in [-0.1, -0.05) is 13.0 Å². The first-order valence-corrected chi connectivity index (χ1v) is 6.09. The number of aromatic carboxylic acids is 1. The minimum absolute atomic E-state index is 0.0248. The number of alkyl halides is 2. The molecule has 0 fully saturated rings. The van der Waals surface area contributed by atoms with Crippen molar-refractivity contribution in [3.63, 3.8) is 0 Å². The van der Waals surface area contributed by atoms with Crippen LogP contribution in [-0.2, 0) is 13.0 Å². The summed E-state index contributed by atoms with van der Waals surface area (Å²) in [5.41, 5.74) is 0.490. The molecule has 2 rings (SSSR count). The van der Waals surface area contributed by atoms with Crippen LogP contribution in [0.5, 0.6) is 0 Å². The normalized spacial score (nSPS) is 12.0. The SMILES string of the molecule is CCc1nc2c(C(=O)O)cccc2n1CC(F)(F)CO. The summed E-state index contributed by atoms with van der Waals surface area (Å²) < 4.78 is 28.1. The average Bonchev–Trinajstić information content (AvgIpc) is 2.76. The Bertz CT molecular complexity index is 652. The number of aromatic nitrogens is 2. The Hall–Kier alpha value is -2.02. The predicted octanol–water partition coefficient (Wildman–Crippen LogP) is 1.92. The Balaban J connectivity index is 2.64. The van der Waals surface area contributed by atoms with Crippen molar-refractivity contribution in [2.24, 2.45) is 0 Å². The van der Waals surface area contributed by atoms with Gasteiger partial charge >= 0.3 is 5.97 Å². The fraction of sp³-hybridized carbons (Fsp3) is 0.385. The van der Waals surface area contributed by atoms with E-state index in [0.29, 0.717) is 17.8 Å². The first kappa shape index (κ1) is 14.4. The molecule has 108 valence electrons. The van der Waals surface area contributed by atoms with Crippen molar-refractivity contribution >= 4 is 17.0 Å². The molecule has 0 aliphatic rings. The van der Waals surface area contributed by atoms with E-state index in [4.69, 9.17) is 10.2 Å². The summed E-state index contributed by atoms with van der Waals surface area (Å²) in [5.74, 6) is -4.07. The summed E-state index contributed by atoms with van der Waals surface area (Å²) in [4.78, 5) is 15.3. The topological polar surface area (TPSA) is 75.3 Å². The van der Waals surface area contributed by atoms with E-state index in [0.717, 1.165) is 0 Å². The van der Waals surface area contributed by atoms with Crippen LogP contribution in [-0.4, -0.2) is 38.3 Å². The molecule has 0 spiro atoms. The fourth-order valence-corrected chi connectivity index (χ4v) is 2.10. The number of halogens is 2. The van der Waals surface area contributed by atoms with E-state index < -0.39 is 25.0 Å². The molecular weight excluding hydrogens is 270 g/mol. The third-order valence-corrected chi connectivity index (χ3v) is 3.03. The van der Waals surface area contributed by atoms with Gasteiger partial charge in [0.2, 0.25) is 0 Å². The fourth-order valence-electron chi connectivity index (χ4n) is 2.10. The van der Waals surface area contributed by atoms with E-state index in [1.165, 1.54) is 16.7 Å². The van der Waals surface area contributed by atoms with Crippen molar-refractivity contribution in [2.75, 3.05) is 6.61 Å². The second kappa shape index (κ2) is 5.16. The third kappa shape index (κ3) is 2.49. The van der Waals surface area contributed by atoms with Gasteiger partial charge in [0.05, 0.1) is 17.6 Å². The maximum absolute atomic E-state index is 13.4. The lowest BCUT2D eigenvalue weighted by Crippen LogP contribution is -2.28. The average molecular weight is 284 g/mol. The minimum Gasteiger partial charge on any atom is -0.478 e. The van der Waals surface area contributed by atoms with E-state index in [9.17, 15) is 13.6 Å². The van der Waals surface area contributed by atoms with Crippen LogP contribution in [0.15, 0.2) is 18.2 Å². The van der Waals surface area contributed by atoms with Crippen molar-refractivity contribution in [1.82, 2.24) is 9.55 Å². The molecule has 0 bridgehead atoms. The molecule has 5 nitrogen and oxygen atoms in total.